The van der Waals surface area contributed by atoms with Crippen molar-refractivity contribution in [3.05, 3.63) is 24.3 Å². The Morgan fingerprint density at radius 3 is 2.77 bits per heavy atom. The van der Waals surface area contributed by atoms with Gasteiger partial charge in [0, 0.05) is 23.6 Å². The van der Waals surface area contributed by atoms with Crippen LogP contribution in [0.3, 0.4) is 0 Å². The maximum atomic E-state index is 6.14. The van der Waals surface area contributed by atoms with Crippen molar-refractivity contribution in [1.29, 1.82) is 0 Å². The minimum absolute atomic E-state index is 0.285. The van der Waals surface area contributed by atoms with Gasteiger partial charge in [-0.3, -0.25) is 0 Å². The topological polar surface area (TPSA) is 68.9 Å². The lowest BCUT2D eigenvalue weighted by molar-refractivity contribution is -0.164. The summed E-state index contributed by atoms with van der Waals surface area (Å²) in [5.74, 6) is 1.91. The molecule has 4 rings (SSSR count). The predicted molar refractivity (Wildman–Crippen MR) is 86.2 cm³/mol. The van der Waals surface area contributed by atoms with Gasteiger partial charge in [-0.2, -0.15) is 0 Å². The molecule has 0 aromatic heterocycles. The highest BCUT2D eigenvalue weighted by atomic mass is 16.5. The Hall–Kier alpha value is -1.75. The smallest absolute Gasteiger partial charge is 0.193 e. The number of rotatable bonds is 3. The van der Waals surface area contributed by atoms with Crippen molar-refractivity contribution in [2.45, 2.75) is 37.8 Å². The van der Waals surface area contributed by atoms with Crippen LogP contribution in [0, 0.1) is 11.3 Å². The van der Waals surface area contributed by atoms with Gasteiger partial charge in [-0.15, -0.1) is 0 Å². The molecule has 3 unspecified atom stereocenters. The predicted octanol–water partition coefficient (Wildman–Crippen LogP) is 2.38. The van der Waals surface area contributed by atoms with E-state index in [-0.39, 0.29) is 5.41 Å². The molecule has 0 radical (unpaired) electrons. The van der Waals surface area contributed by atoms with Crippen LogP contribution in [0.4, 0.5) is 5.69 Å². The highest BCUT2D eigenvalue weighted by Crippen LogP contribution is 2.64. The minimum Gasteiger partial charge on any atom is -0.497 e. The summed E-state index contributed by atoms with van der Waals surface area (Å²) in [4.78, 5) is 4.81. The number of nitrogens with two attached hydrogens (primary N) is 1. The quantitative estimate of drug-likeness (QED) is 0.664. The molecule has 0 bridgehead atoms. The normalized spacial score (nSPS) is 32.0. The molecular weight excluding hydrogens is 278 g/mol. The molecule has 3 aliphatic rings. The van der Waals surface area contributed by atoms with Crippen LogP contribution in [-0.2, 0) is 4.74 Å². The van der Waals surface area contributed by atoms with E-state index in [0.29, 0.717) is 24.0 Å². The zero-order valence-electron chi connectivity index (χ0n) is 12.9. The fraction of sp³-hybridized carbons (Fsp3) is 0.588. The van der Waals surface area contributed by atoms with Gasteiger partial charge in [-0.05, 0) is 43.5 Å². The number of nitrogens with zero attached hydrogens (tertiary/aromatic N) is 1. The van der Waals surface area contributed by atoms with Crippen molar-refractivity contribution in [3.63, 3.8) is 0 Å². The first kappa shape index (κ1) is 13.9. The van der Waals surface area contributed by atoms with Gasteiger partial charge >= 0.3 is 0 Å². The molecule has 2 saturated carbocycles. The monoisotopic (exact) mass is 301 g/mol. The van der Waals surface area contributed by atoms with Crippen molar-refractivity contribution < 1.29 is 9.47 Å². The number of hydrogen-bond donors (Lipinski definition) is 2. The molecule has 1 aliphatic heterocycles. The Morgan fingerprint density at radius 2 is 2.14 bits per heavy atom. The standard InChI is InChI=1S/C17H23N3O2/c1-21-12-5-3-11(4-6-12)19-16(18)20-14-13-7-10-22-15(13)17(14)8-2-9-17/h3-6,13-15H,2,7-10H2,1H3,(H3,18,19,20). The number of ether oxygens (including phenoxy) is 2. The number of hydrogen-bond acceptors (Lipinski definition) is 3. The zero-order chi connectivity index (χ0) is 15.2. The fourth-order valence-electron chi connectivity index (χ4n) is 4.39. The van der Waals surface area contributed by atoms with E-state index in [0.717, 1.165) is 24.5 Å². The number of guanidine groups is 1. The number of aliphatic imine (C=N–C) groups is 1. The molecule has 5 heteroatoms. The van der Waals surface area contributed by atoms with Crippen LogP contribution in [0.25, 0.3) is 0 Å². The van der Waals surface area contributed by atoms with Gasteiger partial charge in [0.25, 0.3) is 0 Å². The Balaban J connectivity index is 1.47. The molecule has 5 nitrogen and oxygen atoms in total. The second kappa shape index (κ2) is 5.16. The van der Waals surface area contributed by atoms with E-state index in [1.807, 2.05) is 24.3 Å². The van der Waals surface area contributed by atoms with Crippen LogP contribution in [-0.4, -0.2) is 31.8 Å². The molecule has 2 aliphatic carbocycles. The van der Waals surface area contributed by atoms with E-state index < -0.39 is 0 Å². The Labute approximate surface area is 130 Å². The van der Waals surface area contributed by atoms with Gasteiger partial charge in [0.2, 0.25) is 0 Å². The molecule has 1 spiro atoms. The molecular formula is C17H23N3O2. The molecule has 1 aromatic carbocycles. The van der Waals surface area contributed by atoms with Gasteiger partial charge in [-0.1, -0.05) is 6.42 Å². The Morgan fingerprint density at radius 1 is 1.36 bits per heavy atom. The molecule has 1 aromatic rings. The SMILES string of the molecule is COc1ccc(NC(N)=NC2C3CCOC3C23CCC3)cc1. The van der Waals surface area contributed by atoms with E-state index in [1.165, 1.54) is 19.3 Å². The molecule has 0 amide bonds. The largest absolute Gasteiger partial charge is 0.497 e. The van der Waals surface area contributed by atoms with Crippen molar-refractivity contribution >= 4 is 11.6 Å². The third-order valence-electron chi connectivity index (χ3n) is 5.62. The van der Waals surface area contributed by atoms with E-state index >= 15 is 0 Å². The maximum absolute atomic E-state index is 6.14. The number of nitrogens with one attached hydrogen (secondary N) is 1. The van der Waals surface area contributed by atoms with E-state index in [4.69, 9.17) is 20.2 Å². The van der Waals surface area contributed by atoms with Gasteiger partial charge < -0.3 is 20.5 Å². The summed E-state index contributed by atoms with van der Waals surface area (Å²) in [5.41, 5.74) is 7.35. The molecule has 1 saturated heterocycles. The molecule has 3 N–H and O–H groups in total. The first-order valence-electron chi connectivity index (χ1n) is 8.09. The Bertz CT molecular complexity index is 580. The molecule has 3 fully saturated rings. The second-order valence-electron chi connectivity index (χ2n) is 6.64. The van der Waals surface area contributed by atoms with Crippen molar-refractivity contribution in [2.75, 3.05) is 19.0 Å². The average Bonchev–Trinajstić information content (AvgIpc) is 2.89. The summed E-state index contributed by atoms with van der Waals surface area (Å²) in [7, 11) is 1.66. The van der Waals surface area contributed by atoms with Gasteiger partial charge in [0.15, 0.2) is 5.96 Å². The first-order valence-corrected chi connectivity index (χ1v) is 8.09. The number of anilines is 1. The summed E-state index contributed by atoms with van der Waals surface area (Å²) < 4.78 is 11.1. The van der Waals surface area contributed by atoms with Crippen molar-refractivity contribution in [3.8, 4) is 5.75 Å². The fourth-order valence-corrected chi connectivity index (χ4v) is 4.39. The van der Waals surface area contributed by atoms with Crippen LogP contribution < -0.4 is 15.8 Å². The third-order valence-corrected chi connectivity index (χ3v) is 5.62. The maximum Gasteiger partial charge on any atom is 0.193 e. The number of benzene rings is 1. The number of methoxy groups -OCH3 is 1. The first-order chi connectivity index (χ1) is 10.7. The highest BCUT2D eigenvalue weighted by Gasteiger charge is 2.66. The lowest BCUT2D eigenvalue weighted by Gasteiger charge is -2.61. The van der Waals surface area contributed by atoms with Crippen LogP contribution in [0.2, 0.25) is 0 Å². The molecule has 1 heterocycles. The molecule has 3 atom stereocenters. The average molecular weight is 301 g/mol. The van der Waals surface area contributed by atoms with Crippen LogP contribution in [0.5, 0.6) is 5.75 Å². The summed E-state index contributed by atoms with van der Waals surface area (Å²) >= 11 is 0. The summed E-state index contributed by atoms with van der Waals surface area (Å²) in [5, 5.41) is 3.19. The van der Waals surface area contributed by atoms with E-state index in [9.17, 15) is 0 Å². The lowest BCUT2D eigenvalue weighted by atomic mass is 9.46. The summed E-state index contributed by atoms with van der Waals surface area (Å²) in [6.07, 6.45) is 5.32. The van der Waals surface area contributed by atoms with E-state index in [2.05, 4.69) is 5.32 Å². The minimum atomic E-state index is 0.285. The van der Waals surface area contributed by atoms with E-state index in [1.54, 1.807) is 7.11 Å². The van der Waals surface area contributed by atoms with Gasteiger partial charge in [0.1, 0.15) is 5.75 Å². The third kappa shape index (κ3) is 1.99. The van der Waals surface area contributed by atoms with Gasteiger partial charge in [-0.25, -0.2) is 4.99 Å². The van der Waals surface area contributed by atoms with Crippen LogP contribution in [0.15, 0.2) is 29.3 Å². The molecule has 118 valence electrons. The second-order valence-corrected chi connectivity index (χ2v) is 6.64. The van der Waals surface area contributed by atoms with Crippen molar-refractivity contribution in [2.24, 2.45) is 22.1 Å². The highest BCUT2D eigenvalue weighted by molar-refractivity contribution is 5.92. The Kier molecular flexibility index (Phi) is 3.26. The number of fused-ring (bicyclic) bond motifs is 2. The van der Waals surface area contributed by atoms with Crippen LogP contribution in [0.1, 0.15) is 25.7 Å². The van der Waals surface area contributed by atoms with Gasteiger partial charge in [0.05, 0.1) is 19.3 Å². The van der Waals surface area contributed by atoms with Crippen LogP contribution >= 0.6 is 0 Å². The summed E-state index contributed by atoms with van der Waals surface area (Å²) in [6.45, 7) is 0.884. The van der Waals surface area contributed by atoms with Crippen molar-refractivity contribution in [1.82, 2.24) is 0 Å². The summed E-state index contributed by atoms with van der Waals surface area (Å²) in [6, 6.07) is 8.05. The lowest BCUT2D eigenvalue weighted by Crippen LogP contribution is -2.65. The molecule has 22 heavy (non-hydrogen) atoms. The zero-order valence-corrected chi connectivity index (χ0v) is 12.9.